The number of fused-ring (bicyclic) bond motifs is 1. The molecule has 84 valence electrons. The van der Waals surface area contributed by atoms with Crippen LogP contribution >= 0.6 is 0 Å². The van der Waals surface area contributed by atoms with Gasteiger partial charge >= 0.3 is 0 Å². The van der Waals surface area contributed by atoms with Crippen molar-refractivity contribution in [3.05, 3.63) is 28.4 Å². The highest BCUT2D eigenvalue weighted by Gasteiger charge is 2.23. The maximum absolute atomic E-state index is 11.5. The molecule has 1 aliphatic heterocycles. The molecule has 0 spiro atoms. The van der Waals surface area contributed by atoms with Gasteiger partial charge in [0.25, 0.3) is 5.56 Å². The first kappa shape index (κ1) is 9.59. The molecule has 2 aromatic heterocycles. The van der Waals surface area contributed by atoms with Crippen molar-refractivity contribution < 1.29 is 0 Å². The first-order valence-corrected chi connectivity index (χ1v) is 5.56. The topological polar surface area (TPSA) is 73.6 Å². The fourth-order valence-electron chi connectivity index (χ4n) is 2.33. The van der Waals surface area contributed by atoms with Crippen LogP contribution in [0.25, 0.3) is 11.0 Å². The molecule has 0 unspecified atom stereocenters. The molecule has 5 heteroatoms. The second-order valence-corrected chi connectivity index (χ2v) is 4.41. The van der Waals surface area contributed by atoms with E-state index in [4.69, 9.17) is 0 Å². The third-order valence-electron chi connectivity index (χ3n) is 3.19. The number of hydrogen-bond donors (Lipinski definition) is 3. The highest BCUT2D eigenvalue weighted by molar-refractivity contribution is 5.74. The number of nitrogens with zero attached hydrogens (tertiary/aromatic N) is 1. The standard InChI is InChI=1S/C11H14N4O/c1-6-2-3-7(14-6)8-4-9-10(15-8)11(16)13-5-12-9/h4-7,14-15H,2-3H2,1H3,(H,12,13,16)/t6-,7-/m1/s1. The van der Waals surface area contributed by atoms with Gasteiger partial charge in [0.15, 0.2) is 0 Å². The molecule has 0 aromatic carbocycles. The molecule has 0 radical (unpaired) electrons. The van der Waals surface area contributed by atoms with Crippen molar-refractivity contribution in [1.82, 2.24) is 20.3 Å². The summed E-state index contributed by atoms with van der Waals surface area (Å²) in [5.74, 6) is 0. The van der Waals surface area contributed by atoms with Crippen LogP contribution in [-0.2, 0) is 0 Å². The predicted molar refractivity (Wildman–Crippen MR) is 61.3 cm³/mol. The Hall–Kier alpha value is -1.62. The minimum absolute atomic E-state index is 0.109. The number of rotatable bonds is 1. The van der Waals surface area contributed by atoms with Gasteiger partial charge in [0.1, 0.15) is 5.52 Å². The van der Waals surface area contributed by atoms with Crippen LogP contribution in [-0.4, -0.2) is 21.0 Å². The summed E-state index contributed by atoms with van der Waals surface area (Å²) in [5.41, 5.74) is 2.25. The fraction of sp³-hybridized carbons (Fsp3) is 0.455. The summed E-state index contributed by atoms with van der Waals surface area (Å²) in [4.78, 5) is 21.4. The molecule has 0 aliphatic carbocycles. The van der Waals surface area contributed by atoms with Gasteiger partial charge in [0, 0.05) is 17.8 Å². The zero-order valence-electron chi connectivity index (χ0n) is 9.08. The summed E-state index contributed by atoms with van der Waals surface area (Å²) in [6.45, 7) is 2.17. The Kier molecular flexibility index (Phi) is 2.07. The number of nitrogens with one attached hydrogen (secondary N) is 3. The maximum Gasteiger partial charge on any atom is 0.275 e. The molecule has 1 saturated heterocycles. The van der Waals surface area contributed by atoms with Gasteiger partial charge in [0.05, 0.1) is 11.8 Å². The van der Waals surface area contributed by atoms with E-state index in [1.54, 1.807) is 0 Å². The van der Waals surface area contributed by atoms with Crippen LogP contribution in [0.3, 0.4) is 0 Å². The second kappa shape index (κ2) is 3.45. The molecular weight excluding hydrogens is 204 g/mol. The predicted octanol–water partition coefficient (Wildman–Crippen LogP) is 1.06. The molecule has 1 aliphatic rings. The SMILES string of the molecule is C[C@@H]1CC[C@H](c2cc3nc[nH]c(=O)c3[nH]2)N1. The lowest BCUT2D eigenvalue weighted by molar-refractivity contribution is 0.576. The van der Waals surface area contributed by atoms with Crippen molar-refractivity contribution in [2.24, 2.45) is 0 Å². The van der Waals surface area contributed by atoms with E-state index < -0.39 is 0 Å². The molecule has 0 bridgehead atoms. The summed E-state index contributed by atoms with van der Waals surface area (Å²) in [6, 6.07) is 2.83. The lowest BCUT2D eigenvalue weighted by atomic mass is 10.1. The van der Waals surface area contributed by atoms with E-state index in [-0.39, 0.29) is 5.56 Å². The van der Waals surface area contributed by atoms with E-state index in [1.807, 2.05) is 6.07 Å². The van der Waals surface area contributed by atoms with Crippen LogP contribution in [0, 0.1) is 0 Å². The lowest BCUT2D eigenvalue weighted by Crippen LogP contribution is -2.21. The van der Waals surface area contributed by atoms with Crippen LogP contribution in [0.5, 0.6) is 0 Å². The molecule has 3 heterocycles. The molecule has 0 saturated carbocycles. The number of aromatic amines is 2. The Balaban J connectivity index is 2.06. The Morgan fingerprint density at radius 3 is 3.00 bits per heavy atom. The molecule has 3 N–H and O–H groups in total. The zero-order chi connectivity index (χ0) is 11.1. The van der Waals surface area contributed by atoms with Gasteiger partial charge in [-0.15, -0.1) is 0 Å². The van der Waals surface area contributed by atoms with Crippen molar-refractivity contribution in [3.63, 3.8) is 0 Å². The third kappa shape index (κ3) is 1.44. The largest absolute Gasteiger partial charge is 0.351 e. The van der Waals surface area contributed by atoms with Crippen molar-refractivity contribution in [1.29, 1.82) is 0 Å². The molecular formula is C11H14N4O. The van der Waals surface area contributed by atoms with Crippen LogP contribution < -0.4 is 10.9 Å². The number of H-pyrrole nitrogens is 2. The number of hydrogen-bond acceptors (Lipinski definition) is 3. The Labute approximate surface area is 92.3 Å². The molecule has 16 heavy (non-hydrogen) atoms. The highest BCUT2D eigenvalue weighted by atomic mass is 16.1. The smallest absolute Gasteiger partial charge is 0.275 e. The summed E-state index contributed by atoms with van der Waals surface area (Å²) in [7, 11) is 0. The minimum atomic E-state index is -0.109. The van der Waals surface area contributed by atoms with Gasteiger partial charge in [-0.3, -0.25) is 4.79 Å². The summed E-state index contributed by atoms with van der Waals surface area (Å²) < 4.78 is 0. The first-order chi connectivity index (χ1) is 7.74. The van der Waals surface area contributed by atoms with Crippen LogP contribution in [0.4, 0.5) is 0 Å². The molecule has 0 amide bonds. The van der Waals surface area contributed by atoms with E-state index >= 15 is 0 Å². The summed E-state index contributed by atoms with van der Waals surface area (Å²) in [5, 5.41) is 3.48. The molecule has 5 nitrogen and oxygen atoms in total. The molecule has 1 fully saturated rings. The second-order valence-electron chi connectivity index (χ2n) is 4.41. The van der Waals surface area contributed by atoms with Gasteiger partial charge in [0.2, 0.25) is 0 Å². The Morgan fingerprint density at radius 1 is 1.44 bits per heavy atom. The van der Waals surface area contributed by atoms with E-state index in [1.165, 1.54) is 12.7 Å². The van der Waals surface area contributed by atoms with E-state index in [0.29, 0.717) is 17.6 Å². The van der Waals surface area contributed by atoms with Crippen LogP contribution in [0.15, 0.2) is 17.2 Å². The van der Waals surface area contributed by atoms with Gasteiger partial charge in [-0.2, -0.15) is 0 Å². The van der Waals surface area contributed by atoms with E-state index in [9.17, 15) is 4.79 Å². The quantitative estimate of drug-likeness (QED) is 0.670. The monoisotopic (exact) mass is 218 g/mol. The van der Waals surface area contributed by atoms with Gasteiger partial charge in [-0.05, 0) is 25.8 Å². The molecule has 2 aromatic rings. The highest BCUT2D eigenvalue weighted by Crippen LogP contribution is 2.26. The first-order valence-electron chi connectivity index (χ1n) is 5.56. The van der Waals surface area contributed by atoms with Crippen molar-refractivity contribution in [2.45, 2.75) is 31.8 Å². The fourth-order valence-corrected chi connectivity index (χ4v) is 2.33. The Bertz CT molecular complexity index is 571. The lowest BCUT2D eigenvalue weighted by Gasteiger charge is -2.08. The van der Waals surface area contributed by atoms with E-state index in [0.717, 1.165) is 17.6 Å². The average molecular weight is 218 g/mol. The van der Waals surface area contributed by atoms with Crippen LogP contribution in [0.1, 0.15) is 31.5 Å². The normalized spacial score (nSPS) is 25.3. The van der Waals surface area contributed by atoms with Gasteiger partial charge < -0.3 is 15.3 Å². The van der Waals surface area contributed by atoms with Crippen molar-refractivity contribution in [2.75, 3.05) is 0 Å². The van der Waals surface area contributed by atoms with Gasteiger partial charge in [-0.1, -0.05) is 0 Å². The number of aromatic nitrogens is 3. The summed E-state index contributed by atoms with van der Waals surface area (Å²) >= 11 is 0. The van der Waals surface area contributed by atoms with Crippen molar-refractivity contribution in [3.8, 4) is 0 Å². The minimum Gasteiger partial charge on any atom is -0.351 e. The Morgan fingerprint density at radius 2 is 2.31 bits per heavy atom. The van der Waals surface area contributed by atoms with Gasteiger partial charge in [-0.25, -0.2) is 4.98 Å². The van der Waals surface area contributed by atoms with Crippen molar-refractivity contribution >= 4 is 11.0 Å². The summed E-state index contributed by atoms with van der Waals surface area (Å²) in [6.07, 6.45) is 3.71. The van der Waals surface area contributed by atoms with E-state index in [2.05, 4.69) is 27.2 Å². The molecule has 2 atom stereocenters. The molecule has 3 rings (SSSR count). The zero-order valence-corrected chi connectivity index (χ0v) is 9.08. The maximum atomic E-state index is 11.5. The van der Waals surface area contributed by atoms with Crippen LogP contribution in [0.2, 0.25) is 0 Å². The third-order valence-corrected chi connectivity index (χ3v) is 3.19. The average Bonchev–Trinajstić information content (AvgIpc) is 2.84.